The maximum absolute atomic E-state index is 12.4. The molecule has 2 aliphatic carbocycles. The van der Waals surface area contributed by atoms with Crippen LogP contribution in [0.15, 0.2) is 12.2 Å². The number of alkyl halides is 3. The Bertz CT molecular complexity index is 280. The van der Waals surface area contributed by atoms with Crippen LogP contribution in [-0.2, 0) is 0 Å². The predicted molar refractivity (Wildman–Crippen MR) is 60.8 cm³/mol. The minimum absolute atomic E-state index is 0.120. The van der Waals surface area contributed by atoms with Crippen molar-refractivity contribution in [2.24, 2.45) is 0 Å². The van der Waals surface area contributed by atoms with Crippen LogP contribution < -0.4 is 5.32 Å². The van der Waals surface area contributed by atoms with E-state index in [1.165, 1.54) is 17.7 Å². The van der Waals surface area contributed by atoms with E-state index < -0.39 is 12.7 Å². The van der Waals surface area contributed by atoms with Crippen molar-refractivity contribution < 1.29 is 13.2 Å². The normalized spacial score (nSPS) is 20.9. The van der Waals surface area contributed by atoms with Crippen molar-refractivity contribution in [2.45, 2.75) is 43.9 Å². The first kappa shape index (κ1) is 12.9. The average molecular weight is 248 g/mol. The van der Waals surface area contributed by atoms with E-state index in [9.17, 15) is 13.2 Å². The molecule has 1 N–H and O–H groups in total. The van der Waals surface area contributed by atoms with E-state index in [4.69, 9.17) is 0 Å². The summed E-state index contributed by atoms with van der Waals surface area (Å²) >= 11 is 0. The summed E-state index contributed by atoms with van der Waals surface area (Å²) in [4.78, 5) is 1.51. The van der Waals surface area contributed by atoms with Crippen LogP contribution in [0.3, 0.4) is 0 Å². The highest BCUT2D eigenvalue weighted by atomic mass is 19.4. The summed E-state index contributed by atoms with van der Waals surface area (Å²) in [7, 11) is 0. The smallest absolute Gasteiger partial charge is 0.310 e. The Morgan fingerprint density at radius 3 is 2.35 bits per heavy atom. The van der Waals surface area contributed by atoms with Crippen LogP contribution in [0.1, 0.15) is 25.7 Å². The highest BCUT2D eigenvalue weighted by molar-refractivity contribution is 5.04. The molecule has 5 heteroatoms. The van der Waals surface area contributed by atoms with Gasteiger partial charge in [0.1, 0.15) is 0 Å². The number of rotatable bonds is 7. The highest BCUT2D eigenvalue weighted by Gasteiger charge is 2.38. The summed E-state index contributed by atoms with van der Waals surface area (Å²) in [6.07, 6.45) is 0.0377. The zero-order chi connectivity index (χ0) is 12.5. The third-order valence-electron chi connectivity index (χ3n) is 3.09. The van der Waals surface area contributed by atoms with Gasteiger partial charge in [0.2, 0.25) is 0 Å². The van der Waals surface area contributed by atoms with Gasteiger partial charge in [-0.25, -0.2) is 0 Å². The Labute approximate surface area is 99.9 Å². The fourth-order valence-corrected chi connectivity index (χ4v) is 1.90. The summed E-state index contributed by atoms with van der Waals surface area (Å²) in [5, 5.41) is 3.28. The van der Waals surface area contributed by atoms with Crippen molar-refractivity contribution in [1.82, 2.24) is 10.2 Å². The van der Waals surface area contributed by atoms with Crippen LogP contribution in [0.5, 0.6) is 0 Å². The molecule has 2 fully saturated rings. The molecule has 0 aliphatic heterocycles. The number of hydrogen-bond acceptors (Lipinski definition) is 2. The third kappa shape index (κ3) is 5.08. The summed E-state index contributed by atoms with van der Waals surface area (Å²) in [5.41, 5.74) is 0.855. The van der Waals surface area contributed by atoms with Gasteiger partial charge in [-0.15, -0.1) is 0 Å². The lowest BCUT2D eigenvalue weighted by Gasteiger charge is -2.24. The molecule has 2 saturated carbocycles. The van der Waals surface area contributed by atoms with Crippen LogP contribution in [-0.4, -0.2) is 42.8 Å². The van der Waals surface area contributed by atoms with Gasteiger partial charge in [-0.2, -0.15) is 13.2 Å². The van der Waals surface area contributed by atoms with Crippen LogP contribution >= 0.6 is 0 Å². The molecule has 17 heavy (non-hydrogen) atoms. The van der Waals surface area contributed by atoms with Gasteiger partial charge in [0, 0.05) is 25.2 Å². The van der Waals surface area contributed by atoms with E-state index in [0.29, 0.717) is 19.1 Å². The molecule has 0 aromatic rings. The Morgan fingerprint density at radius 2 is 1.88 bits per heavy atom. The summed E-state index contributed by atoms with van der Waals surface area (Å²) < 4.78 is 37.1. The molecule has 0 amide bonds. The Hall–Kier alpha value is -0.550. The van der Waals surface area contributed by atoms with Crippen molar-refractivity contribution in [2.75, 3.05) is 19.6 Å². The molecule has 0 bridgehead atoms. The van der Waals surface area contributed by atoms with Crippen molar-refractivity contribution in [1.29, 1.82) is 0 Å². The lowest BCUT2D eigenvalue weighted by molar-refractivity contribution is -0.146. The van der Waals surface area contributed by atoms with Gasteiger partial charge in [-0.3, -0.25) is 4.90 Å². The van der Waals surface area contributed by atoms with E-state index in [0.717, 1.165) is 18.4 Å². The van der Waals surface area contributed by atoms with E-state index in [2.05, 4.69) is 11.9 Å². The monoisotopic (exact) mass is 248 g/mol. The van der Waals surface area contributed by atoms with E-state index >= 15 is 0 Å². The lowest BCUT2D eigenvalue weighted by Crippen LogP contribution is -2.38. The Kier molecular flexibility index (Phi) is 3.78. The highest BCUT2D eigenvalue weighted by Crippen LogP contribution is 2.30. The first-order valence-corrected chi connectivity index (χ1v) is 6.15. The van der Waals surface area contributed by atoms with Crippen molar-refractivity contribution in [3.8, 4) is 0 Å². The molecular weight excluding hydrogens is 229 g/mol. The van der Waals surface area contributed by atoms with Crippen LogP contribution in [0.25, 0.3) is 0 Å². The number of halogens is 3. The second-order valence-electron chi connectivity index (χ2n) is 5.16. The molecule has 2 rings (SSSR count). The molecule has 0 radical (unpaired) electrons. The van der Waals surface area contributed by atoms with Gasteiger partial charge in [0.15, 0.2) is 0 Å². The quantitative estimate of drug-likeness (QED) is 0.696. The van der Waals surface area contributed by atoms with Crippen LogP contribution in [0.2, 0.25) is 0 Å². The maximum atomic E-state index is 12.4. The third-order valence-corrected chi connectivity index (χ3v) is 3.09. The zero-order valence-electron chi connectivity index (χ0n) is 9.89. The first-order chi connectivity index (χ1) is 7.94. The van der Waals surface area contributed by atoms with Crippen LogP contribution in [0, 0.1) is 0 Å². The van der Waals surface area contributed by atoms with E-state index in [1.54, 1.807) is 0 Å². The van der Waals surface area contributed by atoms with Gasteiger partial charge in [0.05, 0.1) is 6.54 Å². The number of nitrogens with one attached hydrogen (secondary N) is 1. The summed E-state index contributed by atoms with van der Waals surface area (Å²) in [6, 6.07) is 0.693. The van der Waals surface area contributed by atoms with Crippen LogP contribution in [0.4, 0.5) is 13.2 Å². The Morgan fingerprint density at radius 1 is 1.24 bits per heavy atom. The summed E-state index contributed by atoms with van der Waals surface area (Å²) in [6.45, 7) is 4.07. The second-order valence-corrected chi connectivity index (χ2v) is 5.16. The number of nitrogens with zero attached hydrogens (tertiary/aromatic N) is 1. The van der Waals surface area contributed by atoms with Gasteiger partial charge in [-0.1, -0.05) is 6.58 Å². The maximum Gasteiger partial charge on any atom is 0.401 e. The molecule has 2 aliphatic rings. The minimum Gasteiger partial charge on any atom is -0.310 e. The molecule has 0 heterocycles. The van der Waals surface area contributed by atoms with Gasteiger partial charge >= 0.3 is 6.18 Å². The molecule has 0 atom stereocenters. The first-order valence-electron chi connectivity index (χ1n) is 6.15. The Balaban J connectivity index is 1.73. The predicted octanol–water partition coefficient (Wildman–Crippen LogP) is 2.32. The fourth-order valence-electron chi connectivity index (χ4n) is 1.90. The van der Waals surface area contributed by atoms with Gasteiger partial charge in [0.25, 0.3) is 0 Å². The lowest BCUT2D eigenvalue weighted by atomic mass is 10.2. The second kappa shape index (κ2) is 4.98. The molecule has 0 unspecified atom stereocenters. The number of hydrogen-bond donors (Lipinski definition) is 1. The van der Waals surface area contributed by atoms with Crippen molar-refractivity contribution in [3.05, 3.63) is 12.2 Å². The molecule has 2 nitrogen and oxygen atoms in total. The average Bonchev–Trinajstić information content (AvgIpc) is 3.04. The van der Waals surface area contributed by atoms with Gasteiger partial charge < -0.3 is 5.32 Å². The van der Waals surface area contributed by atoms with E-state index in [1.807, 2.05) is 0 Å². The molecule has 0 saturated heterocycles. The fraction of sp³-hybridized carbons (Fsp3) is 0.833. The molecular formula is C12H19F3N2. The SMILES string of the molecule is C=C(CNC1CC1)CN(CC(F)(F)F)C1CC1. The van der Waals surface area contributed by atoms with Gasteiger partial charge in [-0.05, 0) is 31.3 Å². The molecule has 98 valence electrons. The summed E-state index contributed by atoms with van der Waals surface area (Å²) in [5.74, 6) is 0. The topological polar surface area (TPSA) is 15.3 Å². The van der Waals surface area contributed by atoms with Crippen molar-refractivity contribution in [3.63, 3.8) is 0 Å². The van der Waals surface area contributed by atoms with E-state index in [-0.39, 0.29) is 6.04 Å². The molecule has 0 aromatic heterocycles. The molecule has 0 aromatic carbocycles. The minimum atomic E-state index is -4.10. The van der Waals surface area contributed by atoms with Crippen molar-refractivity contribution >= 4 is 0 Å². The largest absolute Gasteiger partial charge is 0.401 e. The zero-order valence-corrected chi connectivity index (χ0v) is 9.89. The molecule has 0 spiro atoms. The standard InChI is InChI=1S/C12H19F3N2/c1-9(6-16-10-2-3-10)7-17(11-4-5-11)8-12(13,14)15/h10-11,16H,1-8H2.